The molecule has 1 atom stereocenters. The van der Waals surface area contributed by atoms with Crippen LogP contribution in [0.5, 0.6) is 5.75 Å². The molecule has 1 aliphatic heterocycles. The number of aliphatic imine (C=N–C) groups is 1. The maximum Gasteiger partial charge on any atom is 0.118 e. The highest BCUT2D eigenvalue weighted by atomic mass is 32.2. The van der Waals surface area contributed by atoms with E-state index in [9.17, 15) is 0 Å². The highest BCUT2D eigenvalue weighted by molar-refractivity contribution is 8.15. The van der Waals surface area contributed by atoms with Crippen molar-refractivity contribution < 1.29 is 4.74 Å². The molecule has 3 rings (SSSR count). The smallest absolute Gasteiger partial charge is 0.118 e. The van der Waals surface area contributed by atoms with Crippen LogP contribution < -0.4 is 4.74 Å². The predicted molar refractivity (Wildman–Crippen MR) is 85.9 cm³/mol. The number of methoxy groups -OCH3 is 1. The van der Waals surface area contributed by atoms with Crippen molar-refractivity contribution in [2.24, 2.45) is 4.99 Å². The molecule has 0 saturated carbocycles. The first-order valence-electron chi connectivity index (χ1n) is 6.78. The van der Waals surface area contributed by atoms with Gasteiger partial charge in [-0.25, -0.2) is 0 Å². The Labute approximate surface area is 123 Å². The molecule has 1 aliphatic rings. The van der Waals surface area contributed by atoms with Crippen molar-refractivity contribution in [2.45, 2.75) is 12.2 Å². The van der Waals surface area contributed by atoms with Crippen LogP contribution in [-0.2, 0) is 0 Å². The van der Waals surface area contributed by atoms with Gasteiger partial charge in [0, 0.05) is 12.1 Å². The van der Waals surface area contributed by atoms with Gasteiger partial charge in [-0.3, -0.25) is 4.99 Å². The quantitative estimate of drug-likeness (QED) is 0.837. The molecule has 2 aromatic rings. The molecule has 0 fully saturated rings. The van der Waals surface area contributed by atoms with Crippen LogP contribution in [-0.4, -0.2) is 18.7 Å². The van der Waals surface area contributed by atoms with Crippen LogP contribution in [0.1, 0.15) is 28.9 Å². The first-order chi connectivity index (χ1) is 9.83. The highest BCUT2D eigenvalue weighted by Crippen LogP contribution is 2.46. The van der Waals surface area contributed by atoms with Crippen molar-refractivity contribution in [1.82, 2.24) is 0 Å². The van der Waals surface area contributed by atoms with E-state index >= 15 is 0 Å². The number of fused-ring (bicyclic) bond motifs is 1. The summed E-state index contributed by atoms with van der Waals surface area (Å²) in [5, 5.41) is 1.49. The highest BCUT2D eigenvalue weighted by Gasteiger charge is 2.29. The second-order valence-corrected chi connectivity index (χ2v) is 5.73. The predicted octanol–water partition coefficient (Wildman–Crippen LogP) is 4.30. The lowest BCUT2D eigenvalue weighted by atomic mass is 10.00. The molecule has 2 aromatic carbocycles. The van der Waals surface area contributed by atoms with Crippen molar-refractivity contribution in [1.29, 1.82) is 0 Å². The Hall–Kier alpha value is -1.74. The minimum Gasteiger partial charge on any atom is -0.497 e. The summed E-state index contributed by atoms with van der Waals surface area (Å²) in [6, 6.07) is 16.9. The third-order valence-electron chi connectivity index (χ3n) is 3.42. The molecule has 0 bridgehead atoms. The minimum atomic E-state index is 0.336. The molecular weight excluding hydrogens is 266 g/mol. The van der Waals surface area contributed by atoms with Crippen LogP contribution in [0.2, 0.25) is 0 Å². The van der Waals surface area contributed by atoms with Crippen molar-refractivity contribution in [3.05, 3.63) is 65.2 Å². The third kappa shape index (κ3) is 2.34. The van der Waals surface area contributed by atoms with E-state index in [1.807, 2.05) is 23.9 Å². The number of hydrogen-bond acceptors (Lipinski definition) is 3. The van der Waals surface area contributed by atoms with Crippen molar-refractivity contribution in [3.8, 4) is 5.75 Å². The van der Waals surface area contributed by atoms with E-state index in [0.717, 1.165) is 17.3 Å². The lowest BCUT2D eigenvalue weighted by molar-refractivity contribution is 0.414. The van der Waals surface area contributed by atoms with Gasteiger partial charge in [0.1, 0.15) is 5.75 Å². The number of benzene rings is 2. The van der Waals surface area contributed by atoms with Crippen LogP contribution in [0.4, 0.5) is 0 Å². The molecule has 0 saturated heterocycles. The zero-order valence-electron chi connectivity index (χ0n) is 11.7. The van der Waals surface area contributed by atoms with E-state index < -0.39 is 0 Å². The van der Waals surface area contributed by atoms with Crippen molar-refractivity contribution in [3.63, 3.8) is 0 Å². The molecule has 0 radical (unpaired) electrons. The van der Waals surface area contributed by atoms with Crippen LogP contribution in [0.3, 0.4) is 0 Å². The lowest BCUT2D eigenvalue weighted by Gasteiger charge is -2.11. The molecule has 0 spiro atoms. The Morgan fingerprint density at radius 3 is 2.55 bits per heavy atom. The number of ether oxygens (including phenoxy) is 1. The SMILES string of the molecule is CCN=C1SC(c2ccc(OC)cc2)c2ccccc21. The number of rotatable bonds is 3. The summed E-state index contributed by atoms with van der Waals surface area (Å²) in [7, 11) is 1.70. The first-order valence-corrected chi connectivity index (χ1v) is 7.65. The second-order valence-electron chi connectivity index (χ2n) is 4.64. The van der Waals surface area contributed by atoms with Gasteiger partial charge in [0.25, 0.3) is 0 Å². The van der Waals surface area contributed by atoms with Crippen molar-refractivity contribution in [2.75, 3.05) is 13.7 Å². The van der Waals surface area contributed by atoms with Gasteiger partial charge in [0.05, 0.1) is 17.4 Å². The fraction of sp³-hybridized carbons (Fsp3) is 0.235. The molecule has 0 amide bonds. The van der Waals surface area contributed by atoms with E-state index in [1.165, 1.54) is 16.7 Å². The van der Waals surface area contributed by atoms with Gasteiger partial charge >= 0.3 is 0 Å². The normalized spacial score (nSPS) is 19.1. The molecular formula is C17H17NOS. The molecule has 102 valence electrons. The average Bonchev–Trinajstić information content (AvgIpc) is 2.87. The topological polar surface area (TPSA) is 21.6 Å². The minimum absolute atomic E-state index is 0.336. The average molecular weight is 283 g/mol. The van der Waals surface area contributed by atoms with Crippen molar-refractivity contribution >= 4 is 16.8 Å². The van der Waals surface area contributed by atoms with Gasteiger partial charge in [0.15, 0.2) is 0 Å². The summed E-state index contributed by atoms with van der Waals surface area (Å²) in [5.74, 6) is 0.896. The number of nitrogens with zero attached hydrogens (tertiary/aromatic N) is 1. The maximum absolute atomic E-state index is 5.23. The third-order valence-corrected chi connectivity index (χ3v) is 4.76. The molecule has 1 heterocycles. The first kappa shape index (κ1) is 13.3. The van der Waals surface area contributed by atoms with Gasteiger partial charge in [-0.15, -0.1) is 0 Å². The summed E-state index contributed by atoms with van der Waals surface area (Å²) in [5.41, 5.74) is 3.93. The largest absolute Gasteiger partial charge is 0.497 e. The zero-order valence-corrected chi connectivity index (χ0v) is 12.5. The Balaban J connectivity index is 2.01. The van der Waals surface area contributed by atoms with E-state index in [4.69, 9.17) is 4.74 Å². The maximum atomic E-state index is 5.23. The number of hydrogen-bond donors (Lipinski definition) is 0. The fourth-order valence-corrected chi connectivity index (χ4v) is 3.82. The van der Waals surface area contributed by atoms with Gasteiger partial charge < -0.3 is 4.74 Å². The monoisotopic (exact) mass is 283 g/mol. The van der Waals surface area contributed by atoms with Gasteiger partial charge in [-0.2, -0.15) is 0 Å². The van der Waals surface area contributed by atoms with Gasteiger partial charge in [-0.05, 0) is 30.2 Å². The summed E-state index contributed by atoms with van der Waals surface area (Å²) in [6.45, 7) is 2.91. The lowest BCUT2D eigenvalue weighted by Crippen LogP contribution is -1.93. The standard InChI is InChI=1S/C17H17NOS/c1-3-18-17-15-7-5-4-6-14(15)16(20-17)12-8-10-13(19-2)11-9-12/h4-11,16H,3H2,1-2H3. The van der Waals surface area contributed by atoms with E-state index in [2.05, 4.69) is 48.3 Å². The molecule has 0 N–H and O–H groups in total. The van der Waals surface area contributed by atoms with Gasteiger partial charge in [-0.1, -0.05) is 48.2 Å². The Kier molecular flexibility index (Phi) is 3.79. The van der Waals surface area contributed by atoms with Gasteiger partial charge in [0.2, 0.25) is 0 Å². The Morgan fingerprint density at radius 1 is 1.10 bits per heavy atom. The zero-order chi connectivity index (χ0) is 13.9. The molecule has 3 heteroatoms. The molecule has 1 unspecified atom stereocenters. The van der Waals surface area contributed by atoms with Crippen LogP contribution in [0.25, 0.3) is 0 Å². The van der Waals surface area contributed by atoms with E-state index in [1.54, 1.807) is 7.11 Å². The molecule has 0 aliphatic carbocycles. The summed E-state index contributed by atoms with van der Waals surface area (Å²) in [4.78, 5) is 4.63. The molecule has 2 nitrogen and oxygen atoms in total. The Bertz CT molecular complexity index is 634. The fourth-order valence-electron chi connectivity index (χ4n) is 2.45. The molecule has 20 heavy (non-hydrogen) atoms. The van der Waals surface area contributed by atoms with Crippen LogP contribution >= 0.6 is 11.8 Å². The summed E-state index contributed by atoms with van der Waals surface area (Å²) in [6.07, 6.45) is 0. The van der Waals surface area contributed by atoms with E-state index in [0.29, 0.717) is 5.25 Å². The molecule has 0 aromatic heterocycles. The van der Waals surface area contributed by atoms with E-state index in [-0.39, 0.29) is 0 Å². The second kappa shape index (κ2) is 5.71. The summed E-state index contributed by atoms with van der Waals surface area (Å²) < 4.78 is 5.23. The number of thioether (sulfide) groups is 1. The van der Waals surface area contributed by atoms with Crippen LogP contribution in [0.15, 0.2) is 53.5 Å². The Morgan fingerprint density at radius 2 is 1.85 bits per heavy atom. The summed E-state index contributed by atoms with van der Waals surface area (Å²) >= 11 is 1.84. The van der Waals surface area contributed by atoms with Crippen LogP contribution in [0, 0.1) is 0 Å².